The maximum absolute atomic E-state index is 11.8. The average Bonchev–Trinajstić information content (AvgIpc) is 2.97. The predicted octanol–water partition coefficient (Wildman–Crippen LogP) is 2.62. The second-order valence-corrected chi connectivity index (χ2v) is 4.75. The van der Waals surface area contributed by atoms with Crippen molar-refractivity contribution in [3.05, 3.63) is 70.0 Å². The molecule has 0 aliphatic rings. The van der Waals surface area contributed by atoms with E-state index in [-0.39, 0.29) is 18.2 Å². The summed E-state index contributed by atoms with van der Waals surface area (Å²) in [5, 5.41) is 3.53. The molecule has 2 heterocycles. The third kappa shape index (κ3) is 2.72. The Labute approximate surface area is 120 Å². The molecule has 0 aliphatic heterocycles. The summed E-state index contributed by atoms with van der Waals surface area (Å²) in [5.41, 5.74) is 1.80. The SMILES string of the molecule is Cc1ccc2c(CNC(=O)c3ccco3)cc(=O)oc2c1. The number of fused-ring (bicyclic) bond motifs is 1. The van der Waals surface area contributed by atoms with Gasteiger partial charge in [0, 0.05) is 18.0 Å². The predicted molar refractivity (Wildman–Crippen MR) is 77.1 cm³/mol. The molecule has 0 fully saturated rings. The van der Waals surface area contributed by atoms with Gasteiger partial charge in [-0.15, -0.1) is 0 Å². The van der Waals surface area contributed by atoms with Crippen molar-refractivity contribution in [1.29, 1.82) is 0 Å². The summed E-state index contributed by atoms with van der Waals surface area (Å²) < 4.78 is 10.2. The van der Waals surface area contributed by atoms with E-state index < -0.39 is 5.63 Å². The van der Waals surface area contributed by atoms with E-state index in [9.17, 15) is 9.59 Å². The minimum Gasteiger partial charge on any atom is -0.459 e. The van der Waals surface area contributed by atoms with Crippen LogP contribution in [0.5, 0.6) is 0 Å². The lowest BCUT2D eigenvalue weighted by atomic mass is 10.1. The molecule has 0 atom stereocenters. The highest BCUT2D eigenvalue weighted by Gasteiger charge is 2.10. The molecule has 0 radical (unpaired) electrons. The van der Waals surface area contributed by atoms with Crippen LogP contribution in [-0.2, 0) is 6.54 Å². The molecule has 3 rings (SSSR count). The third-order valence-electron chi connectivity index (χ3n) is 3.17. The van der Waals surface area contributed by atoms with Crippen molar-refractivity contribution in [3.8, 4) is 0 Å². The monoisotopic (exact) mass is 283 g/mol. The van der Waals surface area contributed by atoms with Gasteiger partial charge in [-0.25, -0.2) is 4.79 Å². The second-order valence-electron chi connectivity index (χ2n) is 4.75. The number of nitrogens with one attached hydrogen (secondary N) is 1. The summed E-state index contributed by atoms with van der Waals surface area (Å²) in [5.74, 6) is -0.0911. The van der Waals surface area contributed by atoms with Crippen molar-refractivity contribution in [2.45, 2.75) is 13.5 Å². The van der Waals surface area contributed by atoms with E-state index in [0.717, 1.165) is 10.9 Å². The fourth-order valence-corrected chi connectivity index (χ4v) is 2.15. The Kier molecular flexibility index (Phi) is 3.31. The largest absolute Gasteiger partial charge is 0.459 e. The molecule has 3 aromatic rings. The van der Waals surface area contributed by atoms with Crippen molar-refractivity contribution >= 4 is 16.9 Å². The van der Waals surface area contributed by atoms with E-state index >= 15 is 0 Å². The molecule has 106 valence electrons. The first kappa shape index (κ1) is 13.2. The Morgan fingerprint density at radius 2 is 2.10 bits per heavy atom. The molecule has 0 aliphatic carbocycles. The van der Waals surface area contributed by atoms with Crippen molar-refractivity contribution in [1.82, 2.24) is 5.32 Å². The van der Waals surface area contributed by atoms with Gasteiger partial charge in [0.25, 0.3) is 5.91 Å². The number of amides is 1. The minimum absolute atomic E-state index is 0.227. The highest BCUT2D eigenvalue weighted by Crippen LogP contribution is 2.18. The Hall–Kier alpha value is -2.82. The summed E-state index contributed by atoms with van der Waals surface area (Å²) in [4.78, 5) is 23.4. The number of carbonyl (C=O) groups excluding carboxylic acids is 1. The molecule has 1 amide bonds. The highest BCUT2D eigenvalue weighted by molar-refractivity contribution is 5.91. The van der Waals surface area contributed by atoms with Gasteiger partial charge in [-0.1, -0.05) is 12.1 Å². The normalized spacial score (nSPS) is 10.7. The number of hydrogen-bond donors (Lipinski definition) is 1. The van der Waals surface area contributed by atoms with Crippen molar-refractivity contribution in [3.63, 3.8) is 0 Å². The Morgan fingerprint density at radius 1 is 1.24 bits per heavy atom. The van der Waals surface area contributed by atoms with Crippen LogP contribution in [0.4, 0.5) is 0 Å². The summed E-state index contributed by atoms with van der Waals surface area (Å²) in [6.07, 6.45) is 1.43. The number of aryl methyl sites for hydroxylation is 1. The van der Waals surface area contributed by atoms with Gasteiger partial charge in [-0.05, 0) is 36.2 Å². The zero-order chi connectivity index (χ0) is 14.8. The molecule has 1 aromatic carbocycles. The van der Waals surface area contributed by atoms with Crippen LogP contribution in [0.3, 0.4) is 0 Å². The average molecular weight is 283 g/mol. The van der Waals surface area contributed by atoms with Crippen LogP contribution in [0, 0.1) is 6.92 Å². The van der Waals surface area contributed by atoms with Gasteiger partial charge in [-0.3, -0.25) is 4.79 Å². The molecule has 0 saturated carbocycles. The van der Waals surface area contributed by atoms with Crippen LogP contribution >= 0.6 is 0 Å². The van der Waals surface area contributed by atoms with Gasteiger partial charge in [0.15, 0.2) is 5.76 Å². The minimum atomic E-state index is -0.435. The van der Waals surface area contributed by atoms with Crippen molar-refractivity contribution in [2.24, 2.45) is 0 Å². The Morgan fingerprint density at radius 3 is 2.86 bits per heavy atom. The lowest BCUT2D eigenvalue weighted by molar-refractivity contribution is 0.0923. The van der Waals surface area contributed by atoms with Gasteiger partial charge in [0.1, 0.15) is 5.58 Å². The molecule has 0 unspecified atom stereocenters. The molecular formula is C16H13NO4. The summed E-state index contributed by atoms with van der Waals surface area (Å²) in [6, 6.07) is 10.2. The number of benzene rings is 1. The van der Waals surface area contributed by atoms with Gasteiger partial charge >= 0.3 is 5.63 Å². The first-order valence-electron chi connectivity index (χ1n) is 6.48. The zero-order valence-corrected chi connectivity index (χ0v) is 11.4. The number of carbonyl (C=O) groups is 1. The topological polar surface area (TPSA) is 72.5 Å². The van der Waals surface area contributed by atoms with E-state index in [1.807, 2.05) is 19.1 Å². The highest BCUT2D eigenvalue weighted by atomic mass is 16.4. The van der Waals surface area contributed by atoms with Crippen LogP contribution in [0.25, 0.3) is 11.0 Å². The number of hydrogen-bond acceptors (Lipinski definition) is 4. The van der Waals surface area contributed by atoms with E-state index in [1.54, 1.807) is 18.2 Å². The smallest absolute Gasteiger partial charge is 0.336 e. The first-order valence-corrected chi connectivity index (χ1v) is 6.48. The zero-order valence-electron chi connectivity index (χ0n) is 11.4. The molecule has 0 bridgehead atoms. The van der Waals surface area contributed by atoms with Crippen LogP contribution in [0.1, 0.15) is 21.7 Å². The van der Waals surface area contributed by atoms with Gasteiger partial charge < -0.3 is 14.2 Å². The van der Waals surface area contributed by atoms with Crippen LogP contribution < -0.4 is 10.9 Å². The van der Waals surface area contributed by atoms with E-state index in [4.69, 9.17) is 8.83 Å². The molecule has 2 aromatic heterocycles. The third-order valence-corrected chi connectivity index (χ3v) is 3.17. The molecule has 0 spiro atoms. The van der Waals surface area contributed by atoms with Crippen LogP contribution in [0.15, 0.2) is 56.3 Å². The lowest BCUT2D eigenvalue weighted by Gasteiger charge is -2.07. The van der Waals surface area contributed by atoms with Crippen molar-refractivity contribution < 1.29 is 13.6 Å². The quantitative estimate of drug-likeness (QED) is 0.750. The first-order chi connectivity index (χ1) is 10.1. The lowest BCUT2D eigenvalue weighted by Crippen LogP contribution is -2.23. The number of furan rings is 1. The van der Waals surface area contributed by atoms with E-state index in [1.165, 1.54) is 12.3 Å². The van der Waals surface area contributed by atoms with Crippen molar-refractivity contribution in [2.75, 3.05) is 0 Å². The molecule has 1 N–H and O–H groups in total. The molecule has 0 saturated heterocycles. The Balaban J connectivity index is 1.90. The maximum atomic E-state index is 11.8. The molecular weight excluding hydrogens is 270 g/mol. The summed E-state index contributed by atoms with van der Waals surface area (Å²) in [7, 11) is 0. The number of rotatable bonds is 3. The molecule has 5 nitrogen and oxygen atoms in total. The van der Waals surface area contributed by atoms with E-state index in [0.29, 0.717) is 11.1 Å². The standard InChI is InChI=1S/C16H13NO4/c1-10-4-5-12-11(8-15(18)21-14(12)7-10)9-17-16(19)13-3-2-6-20-13/h2-8H,9H2,1H3,(H,17,19). The van der Waals surface area contributed by atoms with Gasteiger partial charge in [0.05, 0.1) is 6.26 Å². The van der Waals surface area contributed by atoms with Crippen LogP contribution in [0.2, 0.25) is 0 Å². The fraction of sp³-hybridized carbons (Fsp3) is 0.125. The van der Waals surface area contributed by atoms with Crippen LogP contribution in [-0.4, -0.2) is 5.91 Å². The van der Waals surface area contributed by atoms with Gasteiger partial charge in [-0.2, -0.15) is 0 Å². The molecule has 21 heavy (non-hydrogen) atoms. The molecule has 5 heteroatoms. The summed E-state index contributed by atoms with van der Waals surface area (Å²) in [6.45, 7) is 2.15. The van der Waals surface area contributed by atoms with E-state index in [2.05, 4.69) is 5.32 Å². The van der Waals surface area contributed by atoms with Gasteiger partial charge in [0.2, 0.25) is 0 Å². The Bertz CT molecular complexity index is 846. The fourth-order valence-electron chi connectivity index (χ4n) is 2.15. The summed E-state index contributed by atoms with van der Waals surface area (Å²) >= 11 is 0. The second kappa shape index (κ2) is 5.28. The maximum Gasteiger partial charge on any atom is 0.336 e.